The molecule has 0 fully saturated rings. The standard InChI is InChI=1S/C36H34N4O5/c1-22-17-25-10-13-30(22)23(2)21-44-36(43)39-27-12-14-32(45-29-7-5-4-6-8-29)26(18-27)20-40(3)35(42)33(25)38-28-11-9-24-15-16-37-34(41)31(24)19-28/h4-19,23,33,38H,20-21H2,1-3H3,(H,37,41)(H,39,43)/t23-,33+/m0/s1. The van der Waals surface area contributed by atoms with E-state index in [-0.39, 0.29) is 30.5 Å². The molecular formula is C36H34N4O5. The molecule has 9 nitrogen and oxygen atoms in total. The normalized spacial score (nSPS) is 17.1. The molecule has 45 heavy (non-hydrogen) atoms. The number of anilines is 2. The lowest BCUT2D eigenvalue weighted by Gasteiger charge is -2.28. The topological polar surface area (TPSA) is 113 Å². The van der Waals surface area contributed by atoms with E-state index in [1.54, 1.807) is 42.4 Å². The Morgan fingerprint density at radius 3 is 2.56 bits per heavy atom. The first-order valence-corrected chi connectivity index (χ1v) is 14.8. The molecule has 2 amide bonds. The van der Waals surface area contributed by atoms with Gasteiger partial charge in [0.1, 0.15) is 17.5 Å². The number of aromatic amines is 1. The van der Waals surface area contributed by atoms with Crippen molar-refractivity contribution in [2.24, 2.45) is 0 Å². The zero-order valence-corrected chi connectivity index (χ0v) is 25.3. The highest BCUT2D eigenvalue weighted by Crippen LogP contribution is 2.32. The minimum Gasteiger partial charge on any atom is -0.457 e. The molecule has 9 heteroatoms. The largest absolute Gasteiger partial charge is 0.457 e. The Balaban J connectivity index is 1.41. The third-order valence-electron chi connectivity index (χ3n) is 8.02. The molecule has 4 bridgehead atoms. The minimum atomic E-state index is -0.760. The fourth-order valence-electron chi connectivity index (χ4n) is 5.65. The van der Waals surface area contributed by atoms with Crippen LogP contribution in [0.15, 0.2) is 102 Å². The molecule has 0 spiro atoms. The molecule has 0 aliphatic carbocycles. The van der Waals surface area contributed by atoms with Crippen molar-refractivity contribution in [1.82, 2.24) is 9.88 Å². The molecule has 1 aromatic heterocycles. The first-order chi connectivity index (χ1) is 21.7. The summed E-state index contributed by atoms with van der Waals surface area (Å²) in [4.78, 5) is 43.9. The summed E-state index contributed by atoms with van der Waals surface area (Å²) in [7, 11) is 1.73. The van der Waals surface area contributed by atoms with E-state index in [4.69, 9.17) is 9.47 Å². The first kappa shape index (κ1) is 29.5. The number of hydrogen-bond acceptors (Lipinski definition) is 6. The van der Waals surface area contributed by atoms with Gasteiger partial charge in [0.05, 0.1) is 6.61 Å². The van der Waals surface area contributed by atoms with Crippen molar-refractivity contribution >= 4 is 34.1 Å². The minimum absolute atomic E-state index is 0.0769. The quantitative estimate of drug-likeness (QED) is 0.202. The average molecular weight is 603 g/mol. The van der Waals surface area contributed by atoms with E-state index >= 15 is 0 Å². The number of para-hydroxylation sites is 1. The van der Waals surface area contributed by atoms with Gasteiger partial charge in [-0.1, -0.05) is 49.4 Å². The van der Waals surface area contributed by atoms with Gasteiger partial charge in [-0.25, -0.2) is 4.79 Å². The summed E-state index contributed by atoms with van der Waals surface area (Å²) < 4.78 is 11.8. The highest BCUT2D eigenvalue weighted by atomic mass is 16.5. The molecule has 0 saturated carbocycles. The van der Waals surface area contributed by atoms with E-state index in [9.17, 15) is 14.4 Å². The van der Waals surface area contributed by atoms with Crippen molar-refractivity contribution in [3.8, 4) is 11.5 Å². The van der Waals surface area contributed by atoms with Crippen LogP contribution in [0.25, 0.3) is 10.8 Å². The van der Waals surface area contributed by atoms with Gasteiger partial charge in [-0.15, -0.1) is 0 Å². The number of aryl methyl sites for hydroxylation is 1. The number of carbonyl (C=O) groups excluding carboxylic acids is 2. The maximum atomic E-state index is 14.3. The number of carbonyl (C=O) groups is 2. The number of pyridine rings is 1. The predicted octanol–water partition coefficient (Wildman–Crippen LogP) is 7.11. The number of amides is 2. The molecule has 0 unspecified atom stereocenters. The zero-order chi connectivity index (χ0) is 31.5. The number of benzene rings is 4. The second-order valence-electron chi connectivity index (χ2n) is 11.4. The number of ether oxygens (including phenoxy) is 2. The van der Waals surface area contributed by atoms with Crippen LogP contribution in [0.1, 0.15) is 41.1 Å². The van der Waals surface area contributed by atoms with E-state index in [1.165, 1.54) is 0 Å². The second kappa shape index (κ2) is 12.6. The van der Waals surface area contributed by atoms with Gasteiger partial charge in [0.25, 0.3) is 5.56 Å². The Morgan fingerprint density at radius 2 is 1.76 bits per heavy atom. The fourth-order valence-corrected chi connectivity index (χ4v) is 5.65. The molecular weight excluding hydrogens is 568 g/mol. The van der Waals surface area contributed by atoms with Gasteiger partial charge in [0.15, 0.2) is 0 Å². The monoisotopic (exact) mass is 602 g/mol. The summed E-state index contributed by atoms with van der Waals surface area (Å²) in [6.45, 7) is 4.35. The van der Waals surface area contributed by atoms with Gasteiger partial charge >= 0.3 is 6.09 Å². The summed E-state index contributed by atoms with van der Waals surface area (Å²) in [5, 5.41) is 7.55. The molecule has 2 atom stereocenters. The molecule has 0 radical (unpaired) electrons. The fraction of sp³-hybridized carbons (Fsp3) is 0.194. The number of hydrogen-bond donors (Lipinski definition) is 3. The van der Waals surface area contributed by atoms with Crippen LogP contribution in [-0.4, -0.2) is 35.5 Å². The Bertz CT molecular complexity index is 1940. The van der Waals surface area contributed by atoms with Gasteiger partial charge in [-0.2, -0.15) is 0 Å². The molecule has 4 aromatic carbocycles. The van der Waals surface area contributed by atoms with Crippen LogP contribution in [0.5, 0.6) is 11.5 Å². The van der Waals surface area contributed by atoms with Gasteiger partial charge in [-0.05, 0) is 77.5 Å². The molecule has 3 N–H and O–H groups in total. The van der Waals surface area contributed by atoms with Crippen molar-refractivity contribution < 1.29 is 19.1 Å². The summed E-state index contributed by atoms with van der Waals surface area (Å²) in [6, 6.07) is 27.1. The smallest absolute Gasteiger partial charge is 0.411 e. The van der Waals surface area contributed by atoms with Crippen molar-refractivity contribution in [3.63, 3.8) is 0 Å². The first-order valence-electron chi connectivity index (χ1n) is 14.8. The van der Waals surface area contributed by atoms with E-state index in [2.05, 4.69) is 15.6 Å². The maximum Gasteiger partial charge on any atom is 0.411 e. The summed E-state index contributed by atoms with van der Waals surface area (Å²) in [5.74, 6) is 0.929. The van der Waals surface area contributed by atoms with Gasteiger partial charge in [-0.3, -0.25) is 14.9 Å². The lowest BCUT2D eigenvalue weighted by atomic mass is 9.93. The lowest BCUT2D eigenvalue weighted by molar-refractivity contribution is -0.131. The number of nitrogens with zero attached hydrogens (tertiary/aromatic N) is 1. The van der Waals surface area contributed by atoms with E-state index < -0.39 is 12.1 Å². The summed E-state index contributed by atoms with van der Waals surface area (Å²) in [5.41, 5.74) is 4.40. The predicted molar refractivity (Wildman–Crippen MR) is 175 cm³/mol. The van der Waals surface area contributed by atoms with Crippen molar-refractivity contribution in [1.29, 1.82) is 0 Å². The number of aromatic nitrogens is 1. The van der Waals surface area contributed by atoms with E-state index in [0.717, 1.165) is 22.1 Å². The zero-order valence-electron chi connectivity index (χ0n) is 25.3. The average Bonchev–Trinajstić information content (AvgIpc) is 3.03. The van der Waals surface area contributed by atoms with Crippen LogP contribution in [0.4, 0.5) is 16.2 Å². The molecule has 2 aliphatic rings. The van der Waals surface area contributed by atoms with Gasteiger partial charge < -0.3 is 24.7 Å². The van der Waals surface area contributed by atoms with Crippen LogP contribution in [0.3, 0.4) is 0 Å². The Morgan fingerprint density at radius 1 is 0.933 bits per heavy atom. The summed E-state index contributed by atoms with van der Waals surface area (Å²) >= 11 is 0. The number of H-pyrrole nitrogens is 1. The number of rotatable bonds is 4. The Hall–Kier alpha value is -5.57. The van der Waals surface area contributed by atoms with Crippen LogP contribution < -0.4 is 20.9 Å². The third kappa shape index (κ3) is 6.52. The molecule has 228 valence electrons. The van der Waals surface area contributed by atoms with Gasteiger partial charge in [0, 0.05) is 48.0 Å². The van der Waals surface area contributed by atoms with Crippen LogP contribution >= 0.6 is 0 Å². The summed E-state index contributed by atoms with van der Waals surface area (Å²) in [6.07, 6.45) is 1.05. The second-order valence-corrected chi connectivity index (χ2v) is 11.4. The third-order valence-corrected chi connectivity index (χ3v) is 8.02. The molecule has 2 aliphatic heterocycles. The Kier molecular flexibility index (Phi) is 8.24. The molecule has 7 rings (SSSR count). The number of fused-ring (bicyclic) bond motifs is 10. The van der Waals surface area contributed by atoms with Crippen molar-refractivity contribution in [3.05, 3.63) is 130 Å². The molecule has 3 heterocycles. The van der Waals surface area contributed by atoms with E-state index in [0.29, 0.717) is 33.8 Å². The SMILES string of the molecule is Cc1cc2ccc1[C@@H](C)COC(=O)Nc1ccc(Oc3ccccc3)c(c1)CN(C)C(=O)[C@@H]2Nc1ccc2cc[nH]c(=O)c2c1. The van der Waals surface area contributed by atoms with Crippen LogP contribution in [0, 0.1) is 6.92 Å². The van der Waals surface area contributed by atoms with Crippen LogP contribution in [0.2, 0.25) is 0 Å². The highest BCUT2D eigenvalue weighted by molar-refractivity contribution is 5.89. The Labute approximate surface area is 260 Å². The molecule has 5 aromatic rings. The van der Waals surface area contributed by atoms with Crippen molar-refractivity contribution in [2.75, 3.05) is 24.3 Å². The molecule has 0 saturated heterocycles. The lowest BCUT2D eigenvalue weighted by Crippen LogP contribution is -2.35. The van der Waals surface area contributed by atoms with Crippen molar-refractivity contribution in [2.45, 2.75) is 32.4 Å². The number of likely N-dealkylation sites (N-methyl/N-ethyl adjacent to an activating group) is 1. The van der Waals surface area contributed by atoms with Gasteiger partial charge in [0.2, 0.25) is 5.91 Å². The van der Waals surface area contributed by atoms with E-state index in [1.807, 2.05) is 80.6 Å². The van der Waals surface area contributed by atoms with Crippen LogP contribution in [-0.2, 0) is 16.1 Å². The number of nitrogens with one attached hydrogen (secondary N) is 3. The highest BCUT2D eigenvalue weighted by Gasteiger charge is 2.27. The maximum absolute atomic E-state index is 14.3.